The van der Waals surface area contributed by atoms with Gasteiger partial charge in [0, 0.05) is 19.3 Å². The highest BCUT2D eigenvalue weighted by Crippen LogP contribution is 2.28. The second kappa shape index (κ2) is 6.86. The summed E-state index contributed by atoms with van der Waals surface area (Å²) < 4.78 is 5.49. The van der Waals surface area contributed by atoms with Gasteiger partial charge in [-0.05, 0) is 38.6 Å². The van der Waals surface area contributed by atoms with Gasteiger partial charge < -0.3 is 15.2 Å². The Morgan fingerprint density at radius 2 is 2.19 bits per heavy atom. The van der Waals surface area contributed by atoms with E-state index in [1.54, 1.807) is 6.92 Å². The first kappa shape index (κ1) is 13.5. The van der Waals surface area contributed by atoms with Gasteiger partial charge in [0.2, 0.25) is 0 Å². The fraction of sp³-hybridized carbons (Fsp3) is 0.917. The van der Waals surface area contributed by atoms with E-state index in [0.29, 0.717) is 0 Å². The Labute approximate surface area is 97.4 Å². The van der Waals surface area contributed by atoms with Gasteiger partial charge in [-0.25, -0.2) is 0 Å². The molecule has 0 aromatic rings. The third-order valence-corrected chi connectivity index (χ3v) is 3.12. The lowest BCUT2D eigenvalue weighted by molar-refractivity contribution is -0.141. The predicted octanol–water partition coefficient (Wildman–Crippen LogP) is 1.50. The Kier molecular flexibility index (Phi) is 5.77. The van der Waals surface area contributed by atoms with Crippen LogP contribution in [0.25, 0.3) is 0 Å². The van der Waals surface area contributed by atoms with Gasteiger partial charge in [0.15, 0.2) is 0 Å². The van der Waals surface area contributed by atoms with Crippen LogP contribution in [0.2, 0.25) is 0 Å². The van der Waals surface area contributed by atoms with E-state index in [-0.39, 0.29) is 12.0 Å². The summed E-state index contributed by atoms with van der Waals surface area (Å²) in [5, 5.41) is 12.0. The van der Waals surface area contributed by atoms with E-state index in [4.69, 9.17) is 9.84 Å². The molecule has 0 aromatic heterocycles. The lowest BCUT2D eigenvalue weighted by atomic mass is 10.0. The number of carboxylic acids is 1. The molecule has 0 radical (unpaired) electrons. The lowest BCUT2D eigenvalue weighted by Gasteiger charge is -2.17. The minimum atomic E-state index is -0.745. The number of aliphatic carboxylic acids is 1. The third kappa shape index (κ3) is 5.47. The average molecular weight is 229 g/mol. The van der Waals surface area contributed by atoms with Crippen molar-refractivity contribution < 1.29 is 14.6 Å². The van der Waals surface area contributed by atoms with E-state index >= 15 is 0 Å². The van der Waals surface area contributed by atoms with Crippen LogP contribution < -0.4 is 5.32 Å². The summed E-state index contributed by atoms with van der Waals surface area (Å²) in [7, 11) is 0. The average Bonchev–Trinajstić information content (AvgIpc) is 3.05. The summed E-state index contributed by atoms with van der Waals surface area (Å²) in [5.41, 5.74) is 0. The summed E-state index contributed by atoms with van der Waals surface area (Å²) in [6, 6.07) is 0.0148. The number of nitrogens with one attached hydrogen (secondary N) is 1. The van der Waals surface area contributed by atoms with Gasteiger partial charge in [-0.2, -0.15) is 0 Å². The number of hydrogen-bond donors (Lipinski definition) is 2. The molecule has 4 heteroatoms. The van der Waals surface area contributed by atoms with Crippen LogP contribution in [0.1, 0.15) is 33.1 Å². The fourth-order valence-electron chi connectivity index (χ4n) is 1.43. The molecule has 1 saturated carbocycles. The predicted molar refractivity (Wildman–Crippen MR) is 62.4 cm³/mol. The molecule has 94 valence electrons. The van der Waals surface area contributed by atoms with Crippen LogP contribution in [0.5, 0.6) is 0 Å². The van der Waals surface area contributed by atoms with Crippen LogP contribution in [0.3, 0.4) is 0 Å². The summed E-state index contributed by atoms with van der Waals surface area (Å²) in [6.07, 6.45) is 3.60. The maximum Gasteiger partial charge on any atom is 0.307 e. The van der Waals surface area contributed by atoms with Crippen LogP contribution in [-0.2, 0) is 9.53 Å². The Morgan fingerprint density at radius 1 is 1.50 bits per heavy atom. The topological polar surface area (TPSA) is 58.6 Å². The van der Waals surface area contributed by atoms with Gasteiger partial charge >= 0.3 is 5.97 Å². The van der Waals surface area contributed by atoms with Gasteiger partial charge in [-0.15, -0.1) is 0 Å². The first-order chi connectivity index (χ1) is 7.61. The number of carboxylic acid groups (broad SMARTS) is 1. The van der Waals surface area contributed by atoms with Crippen molar-refractivity contribution in [1.82, 2.24) is 5.32 Å². The molecule has 0 spiro atoms. The Bertz CT molecular complexity index is 216. The highest BCUT2D eigenvalue weighted by Gasteiger charge is 2.21. The summed E-state index contributed by atoms with van der Waals surface area (Å²) in [4.78, 5) is 10.7. The number of ether oxygens (including phenoxy) is 1. The molecule has 0 aliphatic heterocycles. The van der Waals surface area contributed by atoms with E-state index in [1.807, 2.05) is 6.92 Å². The standard InChI is InChI=1S/C12H23NO3/c1-9(12(14)15)10(2)13-6-3-7-16-8-11-4-5-11/h9-11,13H,3-8H2,1-2H3,(H,14,15). The van der Waals surface area contributed by atoms with E-state index in [9.17, 15) is 4.79 Å². The zero-order valence-electron chi connectivity index (χ0n) is 10.2. The number of carbonyl (C=O) groups is 1. The van der Waals surface area contributed by atoms with Crippen LogP contribution in [0.15, 0.2) is 0 Å². The minimum absolute atomic E-state index is 0.0148. The molecule has 2 atom stereocenters. The Morgan fingerprint density at radius 3 is 2.75 bits per heavy atom. The molecule has 0 bridgehead atoms. The summed E-state index contributed by atoms with van der Waals surface area (Å²) in [5.74, 6) is -0.267. The molecule has 0 heterocycles. The van der Waals surface area contributed by atoms with Crippen LogP contribution in [0.4, 0.5) is 0 Å². The molecule has 16 heavy (non-hydrogen) atoms. The monoisotopic (exact) mass is 229 g/mol. The van der Waals surface area contributed by atoms with Gasteiger partial charge in [0.25, 0.3) is 0 Å². The van der Waals surface area contributed by atoms with E-state index in [0.717, 1.165) is 32.1 Å². The normalized spacial score (nSPS) is 19.4. The second-order valence-electron chi connectivity index (χ2n) is 4.74. The molecular formula is C12H23NO3. The van der Waals surface area contributed by atoms with Crippen molar-refractivity contribution in [3.63, 3.8) is 0 Å². The van der Waals surface area contributed by atoms with Gasteiger partial charge in [0.05, 0.1) is 5.92 Å². The fourth-order valence-corrected chi connectivity index (χ4v) is 1.43. The summed E-state index contributed by atoms with van der Waals surface area (Å²) in [6.45, 7) is 6.13. The Hall–Kier alpha value is -0.610. The lowest BCUT2D eigenvalue weighted by Crippen LogP contribution is -2.37. The molecule has 2 unspecified atom stereocenters. The number of rotatable bonds is 9. The first-order valence-corrected chi connectivity index (χ1v) is 6.15. The van der Waals surface area contributed by atoms with Crippen LogP contribution >= 0.6 is 0 Å². The van der Waals surface area contributed by atoms with Crippen molar-refractivity contribution in [1.29, 1.82) is 0 Å². The first-order valence-electron chi connectivity index (χ1n) is 6.15. The van der Waals surface area contributed by atoms with E-state index < -0.39 is 5.97 Å². The van der Waals surface area contributed by atoms with Gasteiger partial charge in [-0.3, -0.25) is 4.79 Å². The maximum absolute atomic E-state index is 10.7. The molecule has 1 fully saturated rings. The molecule has 1 aliphatic rings. The minimum Gasteiger partial charge on any atom is -0.481 e. The SMILES string of the molecule is CC(NCCCOCC1CC1)C(C)C(=O)O. The molecule has 4 nitrogen and oxygen atoms in total. The van der Waals surface area contributed by atoms with Crippen molar-refractivity contribution >= 4 is 5.97 Å². The molecular weight excluding hydrogens is 206 g/mol. The maximum atomic E-state index is 10.7. The van der Waals surface area contributed by atoms with Gasteiger partial charge in [-0.1, -0.05) is 6.92 Å². The zero-order valence-corrected chi connectivity index (χ0v) is 10.2. The van der Waals surface area contributed by atoms with Crippen molar-refractivity contribution in [2.24, 2.45) is 11.8 Å². The Balaban J connectivity index is 1.90. The van der Waals surface area contributed by atoms with Crippen molar-refractivity contribution in [3.8, 4) is 0 Å². The smallest absolute Gasteiger partial charge is 0.307 e. The molecule has 1 rings (SSSR count). The molecule has 0 aromatic carbocycles. The molecule has 0 saturated heterocycles. The zero-order chi connectivity index (χ0) is 12.0. The second-order valence-corrected chi connectivity index (χ2v) is 4.74. The summed E-state index contributed by atoms with van der Waals surface area (Å²) >= 11 is 0. The van der Waals surface area contributed by atoms with Crippen LogP contribution in [0, 0.1) is 11.8 Å². The van der Waals surface area contributed by atoms with Gasteiger partial charge in [0.1, 0.15) is 0 Å². The van der Waals surface area contributed by atoms with Crippen LogP contribution in [-0.4, -0.2) is 36.9 Å². The molecule has 0 amide bonds. The molecule has 1 aliphatic carbocycles. The quantitative estimate of drug-likeness (QED) is 0.588. The van der Waals surface area contributed by atoms with Crippen molar-refractivity contribution in [2.45, 2.75) is 39.2 Å². The van der Waals surface area contributed by atoms with E-state index in [1.165, 1.54) is 12.8 Å². The van der Waals surface area contributed by atoms with Crippen molar-refractivity contribution in [2.75, 3.05) is 19.8 Å². The number of hydrogen-bond acceptors (Lipinski definition) is 3. The largest absolute Gasteiger partial charge is 0.481 e. The van der Waals surface area contributed by atoms with Crippen molar-refractivity contribution in [3.05, 3.63) is 0 Å². The highest BCUT2D eigenvalue weighted by molar-refractivity contribution is 5.70. The highest BCUT2D eigenvalue weighted by atomic mass is 16.5. The third-order valence-electron chi connectivity index (χ3n) is 3.12. The molecule has 2 N–H and O–H groups in total. The van der Waals surface area contributed by atoms with E-state index in [2.05, 4.69) is 5.32 Å².